The van der Waals surface area contributed by atoms with E-state index < -0.39 is 0 Å². The van der Waals surface area contributed by atoms with E-state index in [0.717, 1.165) is 30.4 Å². The molecule has 27 heavy (non-hydrogen) atoms. The zero-order valence-corrected chi connectivity index (χ0v) is 15.4. The number of nitrogens with one attached hydrogen (secondary N) is 1. The van der Waals surface area contributed by atoms with Crippen LogP contribution in [0.3, 0.4) is 0 Å². The minimum Gasteiger partial charge on any atom is -0.326 e. The summed E-state index contributed by atoms with van der Waals surface area (Å²) in [5, 5.41) is 8.52. The summed E-state index contributed by atoms with van der Waals surface area (Å²) in [6, 6.07) is 13.3. The van der Waals surface area contributed by atoms with Gasteiger partial charge in [-0.15, -0.1) is 0 Å². The van der Waals surface area contributed by atoms with Crippen LogP contribution in [0, 0.1) is 12.7 Å². The van der Waals surface area contributed by atoms with Crippen molar-refractivity contribution < 1.29 is 9.18 Å². The van der Waals surface area contributed by atoms with Crippen molar-refractivity contribution in [1.82, 2.24) is 14.7 Å². The van der Waals surface area contributed by atoms with Gasteiger partial charge < -0.3 is 10.2 Å². The fourth-order valence-electron chi connectivity index (χ4n) is 3.71. The van der Waals surface area contributed by atoms with Gasteiger partial charge in [-0.2, -0.15) is 5.10 Å². The molecule has 140 valence electrons. The monoisotopic (exact) mass is 366 g/mol. The van der Waals surface area contributed by atoms with Crippen molar-refractivity contribution in [2.75, 3.05) is 25.0 Å². The molecule has 1 amide bonds. The maximum atomic E-state index is 13.6. The van der Waals surface area contributed by atoms with Crippen LogP contribution in [0.15, 0.2) is 48.7 Å². The molecule has 1 saturated heterocycles. The van der Waals surface area contributed by atoms with Crippen LogP contribution < -0.4 is 5.32 Å². The molecule has 1 atom stereocenters. The van der Waals surface area contributed by atoms with Crippen molar-refractivity contribution >= 4 is 22.5 Å². The first kappa shape index (κ1) is 17.7. The molecule has 2 aromatic carbocycles. The summed E-state index contributed by atoms with van der Waals surface area (Å²) in [7, 11) is 0. The summed E-state index contributed by atoms with van der Waals surface area (Å²) in [5.41, 5.74) is 2.17. The van der Waals surface area contributed by atoms with Gasteiger partial charge in [0.2, 0.25) is 5.91 Å². The Hall–Kier alpha value is -2.73. The lowest BCUT2D eigenvalue weighted by Gasteiger charge is -2.17. The Kier molecular flexibility index (Phi) is 4.90. The highest BCUT2D eigenvalue weighted by Crippen LogP contribution is 2.25. The number of hydrogen-bond donors (Lipinski definition) is 1. The summed E-state index contributed by atoms with van der Waals surface area (Å²) in [5.74, 6) is -0.390. The van der Waals surface area contributed by atoms with Gasteiger partial charge in [-0.3, -0.25) is 9.48 Å². The number of para-hydroxylation sites is 1. The fraction of sp³-hybridized carbons (Fsp3) is 0.333. The van der Waals surface area contributed by atoms with Gasteiger partial charge in [0.15, 0.2) is 0 Å². The zero-order valence-electron chi connectivity index (χ0n) is 15.4. The van der Waals surface area contributed by atoms with E-state index in [4.69, 9.17) is 0 Å². The number of amides is 1. The standard InChI is InChI=1S/C21H23FN4O/c1-15-18(22)6-4-7-19(15)24-21(27)10-12-25-11-9-17(14-25)26-20-8-3-2-5-16(20)13-23-26/h2-8,13,17H,9-12,14H2,1H3,(H,24,27). The predicted octanol–water partition coefficient (Wildman–Crippen LogP) is 3.76. The molecule has 5 nitrogen and oxygen atoms in total. The molecule has 0 aliphatic carbocycles. The van der Waals surface area contributed by atoms with Crippen LogP contribution in [-0.2, 0) is 4.79 Å². The average Bonchev–Trinajstić information content (AvgIpc) is 3.30. The van der Waals surface area contributed by atoms with Crippen LogP contribution in [-0.4, -0.2) is 40.2 Å². The number of hydrogen-bond acceptors (Lipinski definition) is 3. The van der Waals surface area contributed by atoms with E-state index in [0.29, 0.717) is 30.3 Å². The molecule has 6 heteroatoms. The van der Waals surface area contributed by atoms with E-state index in [1.165, 1.54) is 6.07 Å². The van der Waals surface area contributed by atoms with Crippen molar-refractivity contribution in [2.24, 2.45) is 0 Å². The number of anilines is 1. The smallest absolute Gasteiger partial charge is 0.225 e. The second-order valence-corrected chi connectivity index (χ2v) is 7.10. The molecule has 1 N–H and O–H groups in total. The maximum absolute atomic E-state index is 13.6. The van der Waals surface area contributed by atoms with E-state index in [2.05, 4.69) is 32.1 Å². The van der Waals surface area contributed by atoms with Crippen molar-refractivity contribution in [3.05, 3.63) is 60.0 Å². The lowest BCUT2D eigenvalue weighted by molar-refractivity contribution is -0.116. The Bertz CT molecular complexity index is 968. The lowest BCUT2D eigenvalue weighted by Crippen LogP contribution is -2.26. The number of rotatable bonds is 5. The minimum atomic E-state index is -0.304. The maximum Gasteiger partial charge on any atom is 0.225 e. The highest BCUT2D eigenvalue weighted by atomic mass is 19.1. The average molecular weight is 366 g/mol. The summed E-state index contributed by atoms with van der Waals surface area (Å²) in [4.78, 5) is 14.5. The predicted molar refractivity (Wildman–Crippen MR) is 104 cm³/mol. The highest BCUT2D eigenvalue weighted by molar-refractivity contribution is 5.91. The third-order valence-electron chi connectivity index (χ3n) is 5.30. The van der Waals surface area contributed by atoms with Crippen LogP contribution in [0.4, 0.5) is 10.1 Å². The van der Waals surface area contributed by atoms with Gasteiger partial charge in [-0.1, -0.05) is 24.3 Å². The second-order valence-electron chi connectivity index (χ2n) is 7.10. The molecule has 1 unspecified atom stereocenters. The summed E-state index contributed by atoms with van der Waals surface area (Å²) >= 11 is 0. The molecule has 0 radical (unpaired) electrons. The number of likely N-dealkylation sites (tertiary alicyclic amines) is 1. The Labute approximate surface area is 157 Å². The van der Waals surface area contributed by atoms with Gasteiger partial charge >= 0.3 is 0 Å². The third kappa shape index (κ3) is 3.71. The molecule has 0 bridgehead atoms. The van der Waals surface area contributed by atoms with Crippen LogP contribution in [0.5, 0.6) is 0 Å². The Balaban J connectivity index is 1.32. The topological polar surface area (TPSA) is 50.2 Å². The Morgan fingerprint density at radius 1 is 1.26 bits per heavy atom. The van der Waals surface area contributed by atoms with Gasteiger partial charge in [0.05, 0.1) is 17.8 Å². The fourth-order valence-corrected chi connectivity index (χ4v) is 3.71. The molecular weight excluding hydrogens is 343 g/mol. The summed E-state index contributed by atoms with van der Waals surface area (Å²) < 4.78 is 15.7. The quantitative estimate of drug-likeness (QED) is 0.748. The number of halogens is 1. The largest absolute Gasteiger partial charge is 0.326 e. The lowest BCUT2D eigenvalue weighted by atomic mass is 10.2. The van der Waals surface area contributed by atoms with Crippen molar-refractivity contribution in [3.8, 4) is 0 Å². The first-order valence-corrected chi connectivity index (χ1v) is 9.31. The first-order valence-electron chi connectivity index (χ1n) is 9.31. The molecule has 0 saturated carbocycles. The molecule has 4 rings (SSSR count). The van der Waals surface area contributed by atoms with E-state index in [1.807, 2.05) is 18.3 Å². The molecule has 1 aliphatic heterocycles. The van der Waals surface area contributed by atoms with Gasteiger partial charge in [-0.25, -0.2) is 4.39 Å². The number of carbonyl (C=O) groups excluding carboxylic acids is 1. The van der Waals surface area contributed by atoms with E-state index in [1.54, 1.807) is 19.1 Å². The normalized spacial score (nSPS) is 17.5. The summed E-state index contributed by atoms with van der Waals surface area (Å²) in [6.07, 6.45) is 3.32. The SMILES string of the molecule is Cc1c(F)cccc1NC(=O)CCN1CCC(n2ncc3ccccc32)C1. The van der Waals surface area contributed by atoms with Crippen LogP contribution in [0.1, 0.15) is 24.4 Å². The van der Waals surface area contributed by atoms with Gasteiger partial charge in [-0.05, 0) is 31.5 Å². The first-order chi connectivity index (χ1) is 13.1. The third-order valence-corrected chi connectivity index (χ3v) is 5.30. The zero-order chi connectivity index (χ0) is 18.8. The van der Waals surface area contributed by atoms with Crippen LogP contribution in [0.25, 0.3) is 10.9 Å². The van der Waals surface area contributed by atoms with Gasteiger partial charge in [0, 0.05) is 42.7 Å². The van der Waals surface area contributed by atoms with E-state index in [9.17, 15) is 9.18 Å². The van der Waals surface area contributed by atoms with Crippen molar-refractivity contribution in [3.63, 3.8) is 0 Å². The molecule has 3 aromatic rings. The highest BCUT2D eigenvalue weighted by Gasteiger charge is 2.25. The molecule has 2 heterocycles. The minimum absolute atomic E-state index is 0.0864. The van der Waals surface area contributed by atoms with E-state index >= 15 is 0 Å². The molecule has 0 spiro atoms. The number of nitrogens with zero attached hydrogens (tertiary/aromatic N) is 3. The summed E-state index contributed by atoms with van der Waals surface area (Å²) in [6.45, 7) is 4.20. The van der Waals surface area contributed by atoms with Crippen molar-refractivity contribution in [2.45, 2.75) is 25.8 Å². The van der Waals surface area contributed by atoms with Gasteiger partial charge in [0.1, 0.15) is 5.82 Å². The van der Waals surface area contributed by atoms with Crippen LogP contribution in [0.2, 0.25) is 0 Å². The molecule has 1 aliphatic rings. The Morgan fingerprint density at radius 3 is 3.00 bits per heavy atom. The number of aromatic nitrogens is 2. The Morgan fingerprint density at radius 2 is 2.11 bits per heavy atom. The van der Waals surface area contributed by atoms with Crippen molar-refractivity contribution in [1.29, 1.82) is 0 Å². The number of benzene rings is 2. The van der Waals surface area contributed by atoms with Crippen LogP contribution >= 0.6 is 0 Å². The second kappa shape index (κ2) is 7.48. The molecule has 1 fully saturated rings. The number of carbonyl (C=O) groups is 1. The van der Waals surface area contributed by atoms with Gasteiger partial charge in [0.25, 0.3) is 0 Å². The molecular formula is C21H23FN4O. The molecule has 1 aromatic heterocycles. The number of fused-ring (bicyclic) bond motifs is 1. The van der Waals surface area contributed by atoms with E-state index in [-0.39, 0.29) is 11.7 Å².